The van der Waals surface area contributed by atoms with E-state index in [1.807, 2.05) is 0 Å². The van der Waals surface area contributed by atoms with E-state index in [1.54, 1.807) is 24.4 Å². The Hall–Kier alpha value is -3.62. The predicted octanol–water partition coefficient (Wildman–Crippen LogP) is 3.06. The van der Waals surface area contributed by atoms with Crippen molar-refractivity contribution >= 4 is 23.4 Å². The van der Waals surface area contributed by atoms with Crippen molar-refractivity contribution in [1.82, 2.24) is 15.0 Å². The van der Waals surface area contributed by atoms with Gasteiger partial charge in [0.2, 0.25) is 5.95 Å². The number of aromatic nitrogens is 3. The summed E-state index contributed by atoms with van der Waals surface area (Å²) in [6.45, 7) is -0.403. The number of carboxylic acids is 1. The Morgan fingerprint density at radius 1 is 1.08 bits per heavy atom. The molecule has 0 aliphatic heterocycles. The molecular formula is C17H13F2N5O2. The molecule has 0 bridgehead atoms. The van der Waals surface area contributed by atoms with Crippen molar-refractivity contribution in [1.29, 1.82) is 0 Å². The summed E-state index contributed by atoms with van der Waals surface area (Å²) < 4.78 is 27.3. The zero-order valence-electron chi connectivity index (χ0n) is 13.3. The van der Waals surface area contributed by atoms with Gasteiger partial charge in [-0.1, -0.05) is 12.1 Å². The summed E-state index contributed by atoms with van der Waals surface area (Å²) in [6.07, 6.45) is 1.57. The van der Waals surface area contributed by atoms with Gasteiger partial charge in [-0.3, -0.25) is 9.78 Å². The van der Waals surface area contributed by atoms with Crippen LogP contribution in [0.3, 0.4) is 0 Å². The number of hydrogen-bond donors (Lipinski definition) is 3. The quantitative estimate of drug-likeness (QED) is 0.623. The van der Waals surface area contributed by atoms with E-state index < -0.39 is 24.1 Å². The molecule has 132 valence electrons. The second-order valence-electron chi connectivity index (χ2n) is 5.15. The van der Waals surface area contributed by atoms with Crippen molar-refractivity contribution in [3.63, 3.8) is 0 Å². The molecule has 9 heteroatoms. The standard InChI is InChI=1S/C17H13F2N5O2/c18-10-4-3-6-12(16(10)19)22-14-8-13(11-5-1-2-7-20-11)23-17(24-14)21-9-15(25)26/h1-8H,9H2,(H,25,26)(H2,21,22,23,24). The first-order chi connectivity index (χ1) is 12.5. The summed E-state index contributed by atoms with van der Waals surface area (Å²) in [5.41, 5.74) is 0.781. The van der Waals surface area contributed by atoms with Crippen LogP contribution >= 0.6 is 0 Å². The topological polar surface area (TPSA) is 100 Å². The predicted molar refractivity (Wildman–Crippen MR) is 91.0 cm³/mol. The fraction of sp³-hybridized carbons (Fsp3) is 0.0588. The number of carbonyl (C=O) groups is 1. The number of halogens is 2. The molecule has 3 aromatic rings. The van der Waals surface area contributed by atoms with Crippen LogP contribution in [0.4, 0.5) is 26.2 Å². The maximum absolute atomic E-state index is 13.9. The van der Waals surface area contributed by atoms with Crippen LogP contribution in [0.2, 0.25) is 0 Å². The van der Waals surface area contributed by atoms with Crippen LogP contribution in [-0.2, 0) is 4.79 Å². The molecule has 0 fully saturated rings. The Bertz CT molecular complexity index is 938. The van der Waals surface area contributed by atoms with Gasteiger partial charge in [-0.25, -0.2) is 13.8 Å². The largest absolute Gasteiger partial charge is 0.480 e. The molecule has 0 amide bonds. The Labute approximate surface area is 146 Å². The molecule has 0 saturated carbocycles. The van der Waals surface area contributed by atoms with Gasteiger partial charge < -0.3 is 15.7 Å². The number of pyridine rings is 1. The third-order valence-corrected chi connectivity index (χ3v) is 3.27. The number of anilines is 3. The highest BCUT2D eigenvalue weighted by Crippen LogP contribution is 2.24. The molecule has 0 saturated heterocycles. The second-order valence-corrected chi connectivity index (χ2v) is 5.15. The zero-order chi connectivity index (χ0) is 18.5. The smallest absolute Gasteiger partial charge is 0.322 e. The highest BCUT2D eigenvalue weighted by molar-refractivity contribution is 5.72. The van der Waals surface area contributed by atoms with E-state index in [0.717, 1.165) is 6.07 Å². The number of hydrogen-bond acceptors (Lipinski definition) is 6. The lowest BCUT2D eigenvalue weighted by Gasteiger charge is -2.11. The minimum Gasteiger partial charge on any atom is -0.480 e. The van der Waals surface area contributed by atoms with Crippen molar-refractivity contribution in [3.8, 4) is 11.4 Å². The molecule has 0 aliphatic rings. The van der Waals surface area contributed by atoms with Crippen LogP contribution in [0.1, 0.15) is 0 Å². The van der Waals surface area contributed by atoms with Gasteiger partial charge in [0.25, 0.3) is 0 Å². The summed E-state index contributed by atoms with van der Waals surface area (Å²) >= 11 is 0. The van der Waals surface area contributed by atoms with Gasteiger partial charge in [0, 0.05) is 12.3 Å². The first-order valence-corrected chi connectivity index (χ1v) is 7.50. The summed E-state index contributed by atoms with van der Waals surface area (Å²) in [6, 6.07) is 10.4. The van der Waals surface area contributed by atoms with E-state index in [1.165, 1.54) is 18.2 Å². The van der Waals surface area contributed by atoms with E-state index in [9.17, 15) is 13.6 Å². The fourth-order valence-electron chi connectivity index (χ4n) is 2.13. The normalized spacial score (nSPS) is 10.4. The molecule has 0 atom stereocenters. The van der Waals surface area contributed by atoms with Crippen LogP contribution in [0.5, 0.6) is 0 Å². The summed E-state index contributed by atoms with van der Waals surface area (Å²) in [7, 11) is 0. The number of carboxylic acid groups (broad SMARTS) is 1. The van der Waals surface area contributed by atoms with Crippen molar-refractivity contribution in [2.24, 2.45) is 0 Å². The van der Waals surface area contributed by atoms with Gasteiger partial charge in [0.1, 0.15) is 12.4 Å². The SMILES string of the molecule is O=C(O)CNc1nc(Nc2cccc(F)c2F)cc(-c2ccccn2)n1. The number of nitrogens with one attached hydrogen (secondary N) is 2. The maximum Gasteiger partial charge on any atom is 0.322 e. The van der Waals surface area contributed by atoms with Crippen molar-refractivity contribution in [3.05, 3.63) is 60.3 Å². The number of nitrogens with zero attached hydrogens (tertiary/aromatic N) is 3. The van der Waals surface area contributed by atoms with Crippen LogP contribution in [-0.4, -0.2) is 32.6 Å². The molecule has 1 aromatic carbocycles. The van der Waals surface area contributed by atoms with Crippen molar-refractivity contribution in [2.75, 3.05) is 17.2 Å². The van der Waals surface area contributed by atoms with Crippen molar-refractivity contribution in [2.45, 2.75) is 0 Å². The van der Waals surface area contributed by atoms with Gasteiger partial charge in [-0.05, 0) is 24.3 Å². The molecule has 3 rings (SSSR count). The van der Waals surface area contributed by atoms with Gasteiger partial charge in [0.05, 0.1) is 17.1 Å². The first-order valence-electron chi connectivity index (χ1n) is 7.50. The Kier molecular flexibility index (Phi) is 4.97. The lowest BCUT2D eigenvalue weighted by molar-refractivity contribution is -0.134. The van der Waals surface area contributed by atoms with Crippen LogP contribution in [0.15, 0.2) is 48.7 Å². The third-order valence-electron chi connectivity index (χ3n) is 3.27. The molecular weight excluding hydrogens is 344 g/mol. The fourth-order valence-corrected chi connectivity index (χ4v) is 2.13. The van der Waals surface area contributed by atoms with E-state index in [-0.39, 0.29) is 17.5 Å². The Balaban J connectivity index is 1.99. The second kappa shape index (κ2) is 7.51. The molecule has 2 heterocycles. The van der Waals surface area contributed by atoms with Crippen LogP contribution in [0, 0.1) is 11.6 Å². The van der Waals surface area contributed by atoms with E-state index in [4.69, 9.17) is 5.11 Å². The third kappa shape index (κ3) is 4.07. The van der Waals surface area contributed by atoms with Gasteiger partial charge >= 0.3 is 5.97 Å². The number of benzene rings is 1. The molecule has 0 aliphatic carbocycles. The molecule has 0 spiro atoms. The average Bonchev–Trinajstić information content (AvgIpc) is 2.64. The zero-order valence-corrected chi connectivity index (χ0v) is 13.3. The van der Waals surface area contributed by atoms with Gasteiger partial charge in [-0.15, -0.1) is 0 Å². The Morgan fingerprint density at radius 3 is 2.65 bits per heavy atom. The molecule has 0 radical (unpaired) electrons. The lowest BCUT2D eigenvalue weighted by Crippen LogP contribution is -2.15. The molecule has 7 nitrogen and oxygen atoms in total. The minimum absolute atomic E-state index is 0.00913. The van der Waals surface area contributed by atoms with Crippen LogP contribution < -0.4 is 10.6 Å². The first kappa shape index (κ1) is 17.2. The highest BCUT2D eigenvalue weighted by Gasteiger charge is 2.12. The van der Waals surface area contributed by atoms with Gasteiger partial charge in [-0.2, -0.15) is 4.98 Å². The monoisotopic (exact) mass is 357 g/mol. The number of aliphatic carboxylic acids is 1. The summed E-state index contributed by atoms with van der Waals surface area (Å²) in [5.74, 6) is -2.99. The molecule has 3 N–H and O–H groups in total. The maximum atomic E-state index is 13.9. The highest BCUT2D eigenvalue weighted by atomic mass is 19.2. The molecule has 2 aromatic heterocycles. The molecule has 26 heavy (non-hydrogen) atoms. The van der Waals surface area contributed by atoms with Crippen molar-refractivity contribution < 1.29 is 18.7 Å². The number of rotatable bonds is 6. The lowest BCUT2D eigenvalue weighted by atomic mass is 10.2. The minimum atomic E-state index is -1.09. The van der Waals surface area contributed by atoms with E-state index in [0.29, 0.717) is 11.4 Å². The van der Waals surface area contributed by atoms with Gasteiger partial charge in [0.15, 0.2) is 11.6 Å². The van der Waals surface area contributed by atoms with E-state index >= 15 is 0 Å². The summed E-state index contributed by atoms with van der Waals surface area (Å²) in [5, 5.41) is 14.0. The molecule has 0 unspecified atom stereocenters. The Morgan fingerprint density at radius 2 is 1.92 bits per heavy atom. The average molecular weight is 357 g/mol. The summed E-state index contributed by atoms with van der Waals surface area (Å²) in [4.78, 5) is 23.2. The van der Waals surface area contributed by atoms with Crippen LogP contribution in [0.25, 0.3) is 11.4 Å². The van der Waals surface area contributed by atoms with E-state index in [2.05, 4.69) is 25.6 Å².